The molecule has 3 rings (SSSR count). The highest BCUT2D eigenvalue weighted by molar-refractivity contribution is 5.93. The van der Waals surface area contributed by atoms with E-state index >= 15 is 0 Å². The predicted octanol–water partition coefficient (Wildman–Crippen LogP) is 4.65. The zero-order chi connectivity index (χ0) is 21.0. The van der Waals surface area contributed by atoms with Crippen LogP contribution in [0.15, 0.2) is 54.6 Å². The van der Waals surface area contributed by atoms with Crippen LogP contribution in [0.2, 0.25) is 0 Å². The Morgan fingerprint density at radius 3 is 2.31 bits per heavy atom. The van der Waals surface area contributed by atoms with Crippen LogP contribution in [-0.4, -0.2) is 33.2 Å². The molecular formula is C24H30N4O. The minimum absolute atomic E-state index is 0.0238. The van der Waals surface area contributed by atoms with Crippen molar-refractivity contribution in [1.29, 1.82) is 0 Å². The second-order valence-corrected chi connectivity index (χ2v) is 7.83. The van der Waals surface area contributed by atoms with Crippen LogP contribution in [0, 0.1) is 20.8 Å². The van der Waals surface area contributed by atoms with Gasteiger partial charge in [0.05, 0.1) is 29.3 Å². The van der Waals surface area contributed by atoms with Crippen molar-refractivity contribution in [1.82, 2.24) is 14.7 Å². The van der Waals surface area contributed by atoms with Gasteiger partial charge in [0.25, 0.3) is 0 Å². The quantitative estimate of drug-likeness (QED) is 0.639. The Balaban J connectivity index is 1.73. The Hall–Kier alpha value is -2.92. The molecule has 5 heteroatoms. The number of hydrogen-bond acceptors (Lipinski definition) is 3. The van der Waals surface area contributed by atoms with Crippen LogP contribution in [0.3, 0.4) is 0 Å². The molecule has 2 aromatic carbocycles. The summed E-state index contributed by atoms with van der Waals surface area (Å²) in [5.41, 5.74) is 5.93. The first kappa shape index (κ1) is 20.8. The average molecular weight is 391 g/mol. The first-order chi connectivity index (χ1) is 13.8. The van der Waals surface area contributed by atoms with E-state index in [2.05, 4.69) is 60.4 Å². The number of amides is 1. The van der Waals surface area contributed by atoms with Gasteiger partial charge in [-0.05, 0) is 52.3 Å². The molecule has 0 aliphatic carbocycles. The number of rotatable bonds is 7. The second-order valence-electron chi connectivity index (χ2n) is 7.83. The molecule has 0 aliphatic rings. The van der Waals surface area contributed by atoms with Crippen LogP contribution < -0.4 is 5.32 Å². The molecular weight excluding hydrogens is 360 g/mol. The molecule has 1 heterocycles. The zero-order valence-electron chi connectivity index (χ0n) is 17.9. The lowest BCUT2D eigenvalue weighted by molar-refractivity contribution is -0.117. The molecule has 0 aliphatic heterocycles. The fourth-order valence-electron chi connectivity index (χ4n) is 3.36. The summed E-state index contributed by atoms with van der Waals surface area (Å²) < 4.78 is 1.88. The van der Waals surface area contributed by atoms with E-state index in [-0.39, 0.29) is 11.9 Å². The lowest BCUT2D eigenvalue weighted by atomic mass is 10.2. The number of aromatic nitrogens is 2. The topological polar surface area (TPSA) is 50.2 Å². The molecule has 3 aromatic rings. The van der Waals surface area contributed by atoms with Gasteiger partial charge >= 0.3 is 0 Å². The number of aryl methyl sites for hydroxylation is 2. The number of nitrogens with one attached hydrogen (secondary N) is 1. The van der Waals surface area contributed by atoms with Gasteiger partial charge in [-0.1, -0.05) is 48.0 Å². The maximum absolute atomic E-state index is 12.8. The summed E-state index contributed by atoms with van der Waals surface area (Å²) in [7, 11) is 0. The van der Waals surface area contributed by atoms with E-state index < -0.39 is 0 Å². The van der Waals surface area contributed by atoms with E-state index in [4.69, 9.17) is 0 Å². The van der Waals surface area contributed by atoms with Crippen molar-refractivity contribution in [2.24, 2.45) is 0 Å². The highest BCUT2D eigenvalue weighted by atomic mass is 16.2. The van der Waals surface area contributed by atoms with Crippen LogP contribution in [0.25, 0.3) is 5.69 Å². The monoisotopic (exact) mass is 390 g/mol. The summed E-state index contributed by atoms with van der Waals surface area (Å²) >= 11 is 0. The summed E-state index contributed by atoms with van der Waals surface area (Å²) in [6.07, 6.45) is 0. The van der Waals surface area contributed by atoms with E-state index in [9.17, 15) is 4.79 Å². The van der Waals surface area contributed by atoms with Crippen LogP contribution in [0.1, 0.15) is 36.4 Å². The summed E-state index contributed by atoms with van der Waals surface area (Å²) in [6, 6.07) is 18.7. The van der Waals surface area contributed by atoms with Gasteiger partial charge in [0.1, 0.15) is 0 Å². The summed E-state index contributed by atoms with van der Waals surface area (Å²) in [5.74, 6) is -0.0238. The smallest absolute Gasteiger partial charge is 0.238 e. The van der Waals surface area contributed by atoms with Crippen molar-refractivity contribution in [2.45, 2.75) is 47.2 Å². The van der Waals surface area contributed by atoms with E-state index in [0.717, 1.165) is 29.3 Å². The van der Waals surface area contributed by atoms with Gasteiger partial charge in [0.2, 0.25) is 5.91 Å². The molecule has 152 valence electrons. The zero-order valence-corrected chi connectivity index (χ0v) is 17.9. The van der Waals surface area contributed by atoms with E-state index in [1.807, 2.05) is 48.9 Å². The lowest BCUT2D eigenvalue weighted by Crippen LogP contribution is -2.37. The Kier molecular flexibility index (Phi) is 6.49. The Morgan fingerprint density at radius 2 is 1.69 bits per heavy atom. The van der Waals surface area contributed by atoms with Gasteiger partial charge in [0.15, 0.2) is 0 Å². The Morgan fingerprint density at radius 1 is 1.03 bits per heavy atom. The first-order valence-electron chi connectivity index (χ1n) is 10.1. The highest BCUT2D eigenvalue weighted by Crippen LogP contribution is 2.23. The molecule has 0 spiro atoms. The molecule has 1 N–H and O–H groups in total. The number of carbonyl (C=O) groups excluding carboxylic acids is 1. The first-order valence-corrected chi connectivity index (χ1v) is 10.1. The third kappa shape index (κ3) is 5.12. The Labute approximate surface area is 173 Å². The largest absolute Gasteiger partial charge is 0.322 e. The molecule has 0 unspecified atom stereocenters. The predicted molar refractivity (Wildman–Crippen MR) is 118 cm³/mol. The summed E-state index contributed by atoms with van der Waals surface area (Å²) in [6.45, 7) is 11.3. The molecule has 1 amide bonds. The Bertz CT molecular complexity index is 959. The van der Waals surface area contributed by atoms with E-state index in [1.54, 1.807) is 0 Å². The molecule has 29 heavy (non-hydrogen) atoms. The summed E-state index contributed by atoms with van der Waals surface area (Å²) in [4.78, 5) is 15.0. The van der Waals surface area contributed by atoms with Crippen molar-refractivity contribution in [3.05, 3.63) is 77.1 Å². The van der Waals surface area contributed by atoms with Crippen LogP contribution in [0.5, 0.6) is 0 Å². The van der Waals surface area contributed by atoms with Crippen LogP contribution >= 0.6 is 0 Å². The van der Waals surface area contributed by atoms with Gasteiger partial charge in [-0.15, -0.1) is 0 Å². The average Bonchev–Trinajstić information content (AvgIpc) is 2.97. The van der Waals surface area contributed by atoms with Crippen molar-refractivity contribution in [3.8, 4) is 5.69 Å². The van der Waals surface area contributed by atoms with Crippen LogP contribution in [0.4, 0.5) is 5.69 Å². The minimum atomic E-state index is -0.0238. The lowest BCUT2D eigenvalue weighted by Gasteiger charge is -2.26. The molecule has 0 saturated heterocycles. The number of benzene rings is 2. The molecule has 5 nitrogen and oxygen atoms in total. The summed E-state index contributed by atoms with van der Waals surface area (Å²) in [5, 5.41) is 7.72. The third-order valence-corrected chi connectivity index (χ3v) is 5.14. The van der Waals surface area contributed by atoms with Gasteiger partial charge in [-0.3, -0.25) is 9.69 Å². The van der Waals surface area contributed by atoms with Crippen LogP contribution in [-0.2, 0) is 11.3 Å². The van der Waals surface area contributed by atoms with Crippen molar-refractivity contribution in [3.63, 3.8) is 0 Å². The number of carbonyl (C=O) groups is 1. The molecule has 0 fully saturated rings. The number of hydrogen-bond donors (Lipinski definition) is 1. The molecule has 0 bridgehead atoms. The minimum Gasteiger partial charge on any atom is -0.322 e. The van der Waals surface area contributed by atoms with Gasteiger partial charge in [-0.25, -0.2) is 4.68 Å². The fraction of sp³-hybridized carbons (Fsp3) is 0.333. The molecule has 0 radical (unpaired) electrons. The van der Waals surface area contributed by atoms with Gasteiger partial charge in [-0.2, -0.15) is 5.10 Å². The third-order valence-electron chi connectivity index (χ3n) is 5.14. The second kappa shape index (κ2) is 9.05. The van der Waals surface area contributed by atoms with Crippen molar-refractivity contribution >= 4 is 11.6 Å². The standard InChI is InChI=1S/C24H30N4O/c1-17(2)27(15-21-9-7-6-8-10-21)16-23(29)25-24-19(4)26-28(20(24)5)22-13-11-18(3)12-14-22/h6-14,17H,15-16H2,1-5H3,(H,25,29). The normalized spacial score (nSPS) is 11.3. The van der Waals surface area contributed by atoms with Crippen molar-refractivity contribution in [2.75, 3.05) is 11.9 Å². The SMILES string of the molecule is Cc1ccc(-n2nc(C)c(NC(=O)CN(Cc3ccccc3)C(C)C)c2C)cc1. The molecule has 1 aromatic heterocycles. The maximum atomic E-state index is 12.8. The highest BCUT2D eigenvalue weighted by Gasteiger charge is 2.19. The number of nitrogens with zero attached hydrogens (tertiary/aromatic N) is 3. The van der Waals surface area contributed by atoms with E-state index in [0.29, 0.717) is 6.54 Å². The van der Waals surface area contributed by atoms with Gasteiger partial charge in [0, 0.05) is 12.6 Å². The van der Waals surface area contributed by atoms with Crippen molar-refractivity contribution < 1.29 is 4.79 Å². The van der Waals surface area contributed by atoms with Gasteiger partial charge < -0.3 is 5.32 Å². The molecule has 0 atom stereocenters. The van der Waals surface area contributed by atoms with E-state index in [1.165, 1.54) is 11.1 Å². The fourth-order valence-corrected chi connectivity index (χ4v) is 3.36. The number of anilines is 1. The molecule has 0 saturated carbocycles. The maximum Gasteiger partial charge on any atom is 0.238 e.